The highest BCUT2D eigenvalue weighted by molar-refractivity contribution is 5.96. The molecule has 1 heterocycles. The number of allylic oxidation sites excluding steroid dienone is 1. The number of rotatable bonds is 5. The van der Waals surface area contributed by atoms with Crippen molar-refractivity contribution in [3.05, 3.63) is 47.5 Å². The molecule has 5 atom stereocenters. The lowest BCUT2D eigenvalue weighted by Crippen LogP contribution is -2.59. The molecule has 3 N–H and O–H groups in total. The van der Waals surface area contributed by atoms with Crippen LogP contribution in [0.4, 0.5) is 0 Å². The first-order valence-electron chi connectivity index (χ1n) is 18.3. The summed E-state index contributed by atoms with van der Waals surface area (Å²) in [5.74, 6) is -5.08. The number of carbonyl (C=O) groups is 7. The Balaban J connectivity index is 2.49. The molecule has 0 radical (unpaired) electrons. The lowest BCUT2D eigenvalue weighted by Gasteiger charge is -2.33. The maximum atomic E-state index is 14.0. The molecular weight excluding hydrogens is 682 g/mol. The molecule has 1 aliphatic rings. The number of hydrogen-bond acceptors (Lipinski definition) is 9. The summed E-state index contributed by atoms with van der Waals surface area (Å²) >= 11 is 0. The van der Waals surface area contributed by atoms with Crippen molar-refractivity contribution in [3.63, 3.8) is 0 Å². The van der Waals surface area contributed by atoms with E-state index >= 15 is 0 Å². The first-order chi connectivity index (χ1) is 24.8. The number of likely N-dealkylation sites (N-methyl/N-ethyl adjacent to an activating group) is 2. The van der Waals surface area contributed by atoms with Gasteiger partial charge in [-0.2, -0.15) is 0 Å². The molecule has 0 spiro atoms. The Kier molecular flexibility index (Phi) is 17.2. The lowest BCUT2D eigenvalue weighted by molar-refractivity contribution is -0.156. The number of nitrogens with one attached hydrogen (secondary N) is 3. The third-order valence-electron chi connectivity index (χ3n) is 9.32. The summed E-state index contributed by atoms with van der Waals surface area (Å²) in [5, 5.41) is 8.08. The van der Waals surface area contributed by atoms with Crippen LogP contribution in [0.3, 0.4) is 0 Å². The number of esters is 2. The fourth-order valence-corrected chi connectivity index (χ4v) is 5.64. The normalized spacial score (nSPS) is 25.7. The van der Waals surface area contributed by atoms with Crippen molar-refractivity contribution in [2.75, 3.05) is 27.2 Å². The van der Waals surface area contributed by atoms with Crippen molar-refractivity contribution in [3.8, 4) is 0 Å². The van der Waals surface area contributed by atoms with E-state index in [1.165, 1.54) is 44.7 Å². The highest BCUT2D eigenvalue weighted by atomic mass is 16.5. The van der Waals surface area contributed by atoms with E-state index in [-0.39, 0.29) is 18.9 Å². The Bertz CT molecular complexity index is 1490. The summed E-state index contributed by atoms with van der Waals surface area (Å²) in [6.45, 7) is 12.8. The third kappa shape index (κ3) is 13.3. The van der Waals surface area contributed by atoms with Gasteiger partial charge >= 0.3 is 11.9 Å². The molecule has 0 aliphatic carbocycles. The van der Waals surface area contributed by atoms with E-state index in [4.69, 9.17) is 9.47 Å². The monoisotopic (exact) mass is 741 g/mol. The summed E-state index contributed by atoms with van der Waals surface area (Å²) in [6.07, 6.45) is 2.66. The summed E-state index contributed by atoms with van der Waals surface area (Å²) in [5.41, 5.74) is -0.363. The molecule has 0 saturated heterocycles. The van der Waals surface area contributed by atoms with Crippen LogP contribution >= 0.6 is 0 Å². The molecule has 1 aliphatic heterocycles. The summed E-state index contributed by atoms with van der Waals surface area (Å²) in [6, 6.07) is 5.84. The molecular formula is C39H59N5O9. The fourth-order valence-electron chi connectivity index (χ4n) is 5.64. The van der Waals surface area contributed by atoms with Gasteiger partial charge in [0.2, 0.25) is 23.6 Å². The van der Waals surface area contributed by atoms with E-state index < -0.39 is 83.7 Å². The maximum absolute atomic E-state index is 14.0. The van der Waals surface area contributed by atoms with Crippen LogP contribution in [0.15, 0.2) is 42.0 Å². The third-order valence-corrected chi connectivity index (χ3v) is 9.32. The quantitative estimate of drug-likeness (QED) is 0.383. The Hall–Kier alpha value is -4.75. The van der Waals surface area contributed by atoms with E-state index in [0.29, 0.717) is 31.3 Å². The summed E-state index contributed by atoms with van der Waals surface area (Å²) in [4.78, 5) is 96.4. The Morgan fingerprint density at radius 3 is 2.15 bits per heavy atom. The van der Waals surface area contributed by atoms with Gasteiger partial charge in [-0.05, 0) is 64.4 Å². The van der Waals surface area contributed by atoms with Gasteiger partial charge in [0.25, 0.3) is 5.91 Å². The van der Waals surface area contributed by atoms with Crippen LogP contribution in [0, 0.1) is 11.8 Å². The minimum absolute atomic E-state index is 0.0777. The summed E-state index contributed by atoms with van der Waals surface area (Å²) < 4.78 is 11.0. The zero-order chi connectivity index (χ0) is 40.0. The number of ether oxygens (including phenoxy) is 2. The Morgan fingerprint density at radius 2 is 1.55 bits per heavy atom. The number of nitrogens with zero attached hydrogens (tertiary/aromatic N) is 2. The largest absolute Gasteiger partial charge is 0.464 e. The number of carbonyl (C=O) groups excluding carboxylic acids is 7. The average Bonchev–Trinajstić information content (AvgIpc) is 3.10. The molecule has 294 valence electrons. The topological polar surface area (TPSA) is 181 Å². The molecule has 0 bridgehead atoms. The van der Waals surface area contributed by atoms with Gasteiger partial charge < -0.3 is 35.2 Å². The first-order valence-corrected chi connectivity index (χ1v) is 18.3. The van der Waals surface area contributed by atoms with Crippen LogP contribution in [-0.4, -0.2) is 108 Å². The van der Waals surface area contributed by atoms with Gasteiger partial charge in [0.05, 0.1) is 13.2 Å². The van der Waals surface area contributed by atoms with Crippen molar-refractivity contribution < 1.29 is 43.0 Å². The minimum Gasteiger partial charge on any atom is -0.464 e. The minimum atomic E-state index is -1.41. The highest BCUT2D eigenvalue weighted by Gasteiger charge is 2.37. The van der Waals surface area contributed by atoms with Gasteiger partial charge in [0.1, 0.15) is 23.7 Å². The molecule has 0 fully saturated rings. The maximum Gasteiger partial charge on any atom is 0.334 e. The highest BCUT2D eigenvalue weighted by Crippen LogP contribution is 2.16. The standard InChI is InChI=1S/C39H59N5O9/c1-11-25(4)31-33(46)42-39(7,8)38(51)52-21-17-13-14-18-26(5)37(50)53-32(24(2)3)34(47)40-27(6)35(48)44(10)29(22-28-19-15-12-16-20-28)36(49)43(9)23-30(45)41-31/h12,15-16,18-20,24-25,27,29,31-32H,11,13-14,17,21-23H2,1-10H3,(H,40,47)(H,41,45)(H,42,46)/b26-18+/t25?,27-,29+,31?,32?/m0/s1. The molecule has 3 unspecified atom stereocenters. The van der Waals surface area contributed by atoms with Gasteiger partial charge in [-0.3, -0.25) is 24.0 Å². The van der Waals surface area contributed by atoms with Gasteiger partial charge in [-0.15, -0.1) is 0 Å². The zero-order valence-corrected chi connectivity index (χ0v) is 32.9. The van der Waals surface area contributed by atoms with Crippen LogP contribution in [0.25, 0.3) is 0 Å². The predicted molar refractivity (Wildman–Crippen MR) is 199 cm³/mol. The predicted octanol–water partition coefficient (Wildman–Crippen LogP) is 2.69. The molecule has 14 heteroatoms. The smallest absolute Gasteiger partial charge is 0.334 e. The SMILES string of the molecule is CCC(C)C1NC(=O)CN(C)C(=O)[C@@H](Cc2ccccc2)N(C)C(=O)[C@H](C)NC(=O)C(C(C)C)OC(=O)/C(C)=C/CCCCOC(=O)C(C)(C)NC1=O. The number of hydrogen-bond donors (Lipinski definition) is 3. The first kappa shape index (κ1) is 44.4. The average molecular weight is 742 g/mol. The second-order valence-electron chi connectivity index (χ2n) is 14.7. The van der Waals surface area contributed by atoms with Gasteiger partial charge in [-0.25, -0.2) is 9.59 Å². The van der Waals surface area contributed by atoms with E-state index in [1.54, 1.807) is 45.9 Å². The summed E-state index contributed by atoms with van der Waals surface area (Å²) in [7, 11) is 2.87. The van der Waals surface area contributed by atoms with Crippen LogP contribution < -0.4 is 16.0 Å². The second kappa shape index (κ2) is 20.5. The molecule has 1 aromatic carbocycles. The van der Waals surface area contributed by atoms with Crippen molar-refractivity contribution in [1.29, 1.82) is 0 Å². The Morgan fingerprint density at radius 1 is 0.906 bits per heavy atom. The molecule has 5 amide bonds. The number of benzene rings is 1. The van der Waals surface area contributed by atoms with Gasteiger partial charge in [-0.1, -0.05) is 70.5 Å². The van der Waals surface area contributed by atoms with E-state index in [9.17, 15) is 33.6 Å². The van der Waals surface area contributed by atoms with Crippen LogP contribution in [0.1, 0.15) is 86.6 Å². The van der Waals surface area contributed by atoms with Crippen LogP contribution in [0.5, 0.6) is 0 Å². The van der Waals surface area contributed by atoms with Gasteiger partial charge in [0, 0.05) is 26.1 Å². The lowest BCUT2D eigenvalue weighted by atomic mass is 9.96. The molecule has 53 heavy (non-hydrogen) atoms. The van der Waals surface area contributed by atoms with Crippen LogP contribution in [-0.2, 0) is 49.5 Å². The molecule has 14 nitrogen and oxygen atoms in total. The number of cyclic esters (lactones) is 2. The molecule has 2 rings (SSSR count). The van der Waals surface area contributed by atoms with Crippen LogP contribution in [0.2, 0.25) is 0 Å². The molecule has 0 saturated carbocycles. The van der Waals surface area contributed by atoms with Crippen molar-refractivity contribution in [2.45, 2.75) is 117 Å². The fraction of sp³-hybridized carbons (Fsp3) is 0.615. The van der Waals surface area contributed by atoms with Crippen molar-refractivity contribution in [1.82, 2.24) is 25.8 Å². The van der Waals surface area contributed by atoms with Crippen molar-refractivity contribution >= 4 is 41.5 Å². The Labute approximate surface area is 313 Å². The van der Waals surface area contributed by atoms with Crippen molar-refractivity contribution in [2.24, 2.45) is 11.8 Å². The molecule has 0 aromatic heterocycles. The number of amides is 5. The van der Waals surface area contributed by atoms with Gasteiger partial charge in [0.15, 0.2) is 6.10 Å². The second-order valence-corrected chi connectivity index (χ2v) is 14.7. The zero-order valence-electron chi connectivity index (χ0n) is 32.9. The van der Waals surface area contributed by atoms with E-state index in [2.05, 4.69) is 16.0 Å². The van der Waals surface area contributed by atoms with E-state index in [1.807, 2.05) is 25.1 Å². The van der Waals surface area contributed by atoms with E-state index in [0.717, 1.165) is 5.56 Å². The molecule has 1 aromatic rings.